The van der Waals surface area contributed by atoms with Gasteiger partial charge in [0.1, 0.15) is 24.7 Å². The Kier molecular flexibility index (Phi) is 7.65. The zero-order chi connectivity index (χ0) is 27.2. The molecule has 0 N–H and O–H groups in total. The van der Waals surface area contributed by atoms with Crippen molar-refractivity contribution in [3.63, 3.8) is 0 Å². The number of carbonyl (C=O) groups is 1. The van der Waals surface area contributed by atoms with Gasteiger partial charge in [-0.1, -0.05) is 72.3 Å². The first-order chi connectivity index (χ1) is 19.0. The Balaban J connectivity index is 1.43. The maximum absolute atomic E-state index is 12.6. The fraction of sp³-hybridized carbons (Fsp3) is 0.0667. The predicted molar refractivity (Wildman–Crippen MR) is 147 cm³/mol. The number of halogens is 1. The van der Waals surface area contributed by atoms with E-state index < -0.39 is 10.9 Å². The Morgan fingerprint density at radius 3 is 2.18 bits per heavy atom. The summed E-state index contributed by atoms with van der Waals surface area (Å²) in [5.41, 5.74) is 2.70. The van der Waals surface area contributed by atoms with Crippen LogP contribution in [0.4, 0.5) is 5.69 Å². The molecule has 4 aromatic rings. The molecule has 8 nitrogen and oxygen atoms in total. The minimum absolute atomic E-state index is 0.0296. The van der Waals surface area contributed by atoms with Crippen LogP contribution in [-0.2, 0) is 22.7 Å². The number of rotatable bonds is 9. The maximum Gasteiger partial charge on any atom is 0.363 e. The van der Waals surface area contributed by atoms with Gasteiger partial charge in [0.2, 0.25) is 5.90 Å². The van der Waals surface area contributed by atoms with Crippen molar-refractivity contribution < 1.29 is 23.9 Å². The molecule has 5 rings (SSSR count). The van der Waals surface area contributed by atoms with Crippen LogP contribution in [0.2, 0.25) is 5.02 Å². The average molecular weight is 541 g/mol. The molecule has 39 heavy (non-hydrogen) atoms. The average Bonchev–Trinajstić information content (AvgIpc) is 3.32. The van der Waals surface area contributed by atoms with Crippen molar-refractivity contribution in [1.82, 2.24) is 0 Å². The molecule has 1 heterocycles. The number of nitrogens with zero attached hydrogens (tertiary/aromatic N) is 2. The zero-order valence-corrected chi connectivity index (χ0v) is 21.2. The Labute approximate surface area is 228 Å². The van der Waals surface area contributed by atoms with E-state index in [0.717, 1.165) is 11.1 Å². The highest BCUT2D eigenvalue weighted by atomic mass is 35.5. The molecule has 1 aliphatic heterocycles. The summed E-state index contributed by atoms with van der Waals surface area (Å²) in [5, 5.41) is 11.1. The Morgan fingerprint density at radius 2 is 1.54 bits per heavy atom. The van der Waals surface area contributed by atoms with Crippen molar-refractivity contribution in [2.45, 2.75) is 13.2 Å². The molecular formula is C30H21ClN2O6. The number of non-ortho nitro benzene ring substituents is 1. The van der Waals surface area contributed by atoms with Crippen LogP contribution in [-0.4, -0.2) is 16.8 Å². The van der Waals surface area contributed by atoms with Gasteiger partial charge in [-0.25, -0.2) is 9.79 Å². The van der Waals surface area contributed by atoms with Crippen LogP contribution in [0.15, 0.2) is 108 Å². The number of nitro benzene ring substituents is 1. The second-order valence-corrected chi connectivity index (χ2v) is 8.91. The molecule has 4 aromatic carbocycles. The van der Waals surface area contributed by atoms with E-state index in [1.165, 1.54) is 18.2 Å². The van der Waals surface area contributed by atoms with E-state index in [9.17, 15) is 14.9 Å². The number of hydrogen-bond donors (Lipinski definition) is 0. The molecular weight excluding hydrogens is 520 g/mol. The Bertz CT molecular complexity index is 1590. The van der Waals surface area contributed by atoms with Gasteiger partial charge >= 0.3 is 5.97 Å². The van der Waals surface area contributed by atoms with E-state index in [2.05, 4.69) is 4.99 Å². The molecule has 0 saturated carbocycles. The molecule has 0 atom stereocenters. The highest BCUT2D eigenvalue weighted by Gasteiger charge is 2.27. The van der Waals surface area contributed by atoms with Crippen molar-refractivity contribution in [3.05, 3.63) is 140 Å². The van der Waals surface area contributed by atoms with Gasteiger partial charge in [-0.3, -0.25) is 10.1 Å². The van der Waals surface area contributed by atoms with Crippen molar-refractivity contribution in [3.8, 4) is 11.5 Å². The summed E-state index contributed by atoms with van der Waals surface area (Å²) < 4.78 is 17.4. The van der Waals surface area contributed by atoms with Crippen molar-refractivity contribution in [2.75, 3.05) is 0 Å². The lowest BCUT2D eigenvalue weighted by Gasteiger charge is -2.13. The molecule has 0 saturated heterocycles. The van der Waals surface area contributed by atoms with Crippen molar-refractivity contribution in [2.24, 2.45) is 4.99 Å². The fourth-order valence-corrected chi connectivity index (χ4v) is 4.04. The summed E-state index contributed by atoms with van der Waals surface area (Å²) in [7, 11) is 0. The minimum atomic E-state index is -0.683. The number of benzene rings is 4. The van der Waals surface area contributed by atoms with E-state index in [0.29, 0.717) is 30.3 Å². The largest absolute Gasteiger partial charge is 0.489 e. The first-order valence-corrected chi connectivity index (χ1v) is 12.3. The molecule has 0 bridgehead atoms. The van der Waals surface area contributed by atoms with Gasteiger partial charge in [0, 0.05) is 23.8 Å². The lowest BCUT2D eigenvalue weighted by atomic mass is 10.1. The van der Waals surface area contributed by atoms with Crippen LogP contribution in [0.25, 0.3) is 6.08 Å². The van der Waals surface area contributed by atoms with Gasteiger partial charge in [0.05, 0.1) is 15.5 Å². The minimum Gasteiger partial charge on any atom is -0.489 e. The second kappa shape index (κ2) is 11.6. The van der Waals surface area contributed by atoms with Crippen LogP contribution in [0.5, 0.6) is 11.5 Å². The van der Waals surface area contributed by atoms with Gasteiger partial charge in [-0.05, 0) is 35.4 Å². The number of esters is 1. The van der Waals surface area contributed by atoms with Crippen LogP contribution in [0, 0.1) is 10.1 Å². The first-order valence-electron chi connectivity index (χ1n) is 11.9. The SMILES string of the molecule is O=C1OC(c2ccc([N+](=O)[O-])cc2Cl)=N/C1=C\c1ccc(OCc2ccccc2)cc1OCc1ccccc1. The molecule has 0 aromatic heterocycles. The van der Waals surface area contributed by atoms with Gasteiger partial charge in [-0.15, -0.1) is 0 Å². The number of aliphatic imine (C=N–C) groups is 1. The predicted octanol–water partition coefficient (Wildman–Crippen LogP) is 6.75. The molecule has 0 spiro atoms. The van der Waals surface area contributed by atoms with Crippen LogP contribution in [0.1, 0.15) is 22.3 Å². The number of hydrogen-bond acceptors (Lipinski definition) is 7. The fourth-order valence-electron chi connectivity index (χ4n) is 3.79. The summed E-state index contributed by atoms with van der Waals surface area (Å²) in [6.45, 7) is 0.686. The highest BCUT2D eigenvalue weighted by Crippen LogP contribution is 2.31. The summed E-state index contributed by atoms with van der Waals surface area (Å²) in [5.74, 6) is 0.361. The van der Waals surface area contributed by atoms with Gasteiger partial charge in [-0.2, -0.15) is 0 Å². The normalized spacial score (nSPS) is 13.6. The number of ether oxygens (including phenoxy) is 3. The first kappa shape index (κ1) is 25.7. The smallest absolute Gasteiger partial charge is 0.363 e. The van der Waals surface area contributed by atoms with E-state index in [-0.39, 0.29) is 27.9 Å². The van der Waals surface area contributed by atoms with E-state index >= 15 is 0 Å². The van der Waals surface area contributed by atoms with E-state index in [1.807, 2.05) is 60.7 Å². The maximum atomic E-state index is 12.6. The lowest BCUT2D eigenvalue weighted by Crippen LogP contribution is -2.06. The second-order valence-electron chi connectivity index (χ2n) is 8.51. The van der Waals surface area contributed by atoms with Crippen molar-refractivity contribution >= 4 is 35.2 Å². The summed E-state index contributed by atoms with van der Waals surface area (Å²) in [6.07, 6.45) is 1.55. The standard InChI is InChI=1S/C30H21ClN2O6/c31-26-16-23(33(35)36)12-14-25(26)29-32-27(30(34)39-29)15-22-11-13-24(37-18-20-7-3-1-4-8-20)17-28(22)38-19-21-9-5-2-6-10-21/h1-17H,18-19H2/b27-15-. The number of carbonyl (C=O) groups excluding carboxylic acids is 1. The molecule has 0 fully saturated rings. The Hall–Kier alpha value is -4.95. The number of nitro groups is 1. The van der Waals surface area contributed by atoms with Crippen LogP contribution >= 0.6 is 11.6 Å². The third-order valence-electron chi connectivity index (χ3n) is 5.78. The number of cyclic esters (lactones) is 1. The third-order valence-corrected chi connectivity index (χ3v) is 6.09. The molecule has 0 unspecified atom stereocenters. The monoisotopic (exact) mass is 540 g/mol. The third kappa shape index (κ3) is 6.31. The molecule has 0 aliphatic carbocycles. The molecule has 1 aliphatic rings. The van der Waals surface area contributed by atoms with E-state index in [1.54, 1.807) is 24.3 Å². The van der Waals surface area contributed by atoms with Crippen LogP contribution in [0.3, 0.4) is 0 Å². The van der Waals surface area contributed by atoms with Gasteiger partial charge in [0.25, 0.3) is 5.69 Å². The summed E-state index contributed by atoms with van der Waals surface area (Å²) in [6, 6.07) is 28.6. The van der Waals surface area contributed by atoms with Crippen molar-refractivity contribution in [1.29, 1.82) is 0 Å². The summed E-state index contributed by atoms with van der Waals surface area (Å²) >= 11 is 6.20. The molecule has 194 valence electrons. The van der Waals surface area contributed by atoms with Gasteiger partial charge < -0.3 is 14.2 Å². The molecule has 0 radical (unpaired) electrons. The van der Waals surface area contributed by atoms with Crippen LogP contribution < -0.4 is 9.47 Å². The zero-order valence-electron chi connectivity index (χ0n) is 20.5. The molecule has 9 heteroatoms. The van der Waals surface area contributed by atoms with Gasteiger partial charge in [0.15, 0.2) is 5.70 Å². The Morgan fingerprint density at radius 1 is 0.872 bits per heavy atom. The highest BCUT2D eigenvalue weighted by molar-refractivity contribution is 6.34. The molecule has 0 amide bonds. The summed E-state index contributed by atoms with van der Waals surface area (Å²) in [4.78, 5) is 27.4. The lowest BCUT2D eigenvalue weighted by molar-refractivity contribution is -0.384. The van der Waals surface area contributed by atoms with E-state index in [4.69, 9.17) is 25.8 Å². The topological polar surface area (TPSA) is 100 Å². The quantitative estimate of drug-likeness (QED) is 0.101.